The van der Waals surface area contributed by atoms with E-state index in [4.69, 9.17) is 0 Å². The molecule has 9 heteroatoms. The molecule has 28 heavy (non-hydrogen) atoms. The number of rotatable bonds is 5. The minimum Gasteiger partial charge on any atom is -0.465 e. The average Bonchev–Trinajstić information content (AvgIpc) is 2.74. The Labute approximate surface area is 163 Å². The lowest BCUT2D eigenvalue weighted by molar-refractivity contribution is 0.0600. The lowest BCUT2D eigenvalue weighted by atomic mass is 10.2. The highest BCUT2D eigenvalue weighted by Crippen LogP contribution is 2.22. The molecule has 1 aromatic heterocycles. The molecular formula is C19H21N3O5S. The maximum atomic E-state index is 12.6. The van der Waals surface area contributed by atoms with Crippen LogP contribution in [0.15, 0.2) is 47.5 Å². The van der Waals surface area contributed by atoms with Gasteiger partial charge < -0.3 is 10.1 Å². The topological polar surface area (TPSA) is 106 Å². The molecule has 1 saturated heterocycles. The molecule has 8 nitrogen and oxygen atoms in total. The van der Waals surface area contributed by atoms with Crippen LogP contribution in [0.4, 0.5) is 5.69 Å². The van der Waals surface area contributed by atoms with Crippen molar-refractivity contribution in [2.45, 2.75) is 24.2 Å². The number of esters is 1. The number of aromatic nitrogens is 1. The van der Waals surface area contributed by atoms with Gasteiger partial charge in [-0.2, -0.15) is 4.31 Å². The highest BCUT2D eigenvalue weighted by Gasteiger charge is 2.25. The molecule has 0 unspecified atom stereocenters. The van der Waals surface area contributed by atoms with Gasteiger partial charge in [0, 0.05) is 25.0 Å². The summed E-state index contributed by atoms with van der Waals surface area (Å²) < 4.78 is 31.4. The van der Waals surface area contributed by atoms with Gasteiger partial charge in [0.25, 0.3) is 5.91 Å². The zero-order valence-electron chi connectivity index (χ0n) is 15.4. The van der Waals surface area contributed by atoms with Crippen molar-refractivity contribution in [2.24, 2.45) is 0 Å². The third-order valence-electron chi connectivity index (χ3n) is 4.48. The summed E-state index contributed by atoms with van der Waals surface area (Å²) in [6, 6.07) is 8.90. The molecular weight excluding hydrogens is 382 g/mol. The number of pyridine rings is 1. The predicted molar refractivity (Wildman–Crippen MR) is 103 cm³/mol. The monoisotopic (exact) mass is 403 g/mol. The van der Waals surface area contributed by atoms with Crippen LogP contribution in [0, 0.1) is 0 Å². The molecule has 3 rings (SSSR count). The second kappa shape index (κ2) is 8.49. The van der Waals surface area contributed by atoms with Crippen molar-refractivity contribution in [1.29, 1.82) is 0 Å². The number of anilines is 1. The fourth-order valence-electron chi connectivity index (χ4n) is 2.93. The van der Waals surface area contributed by atoms with Crippen LogP contribution in [0.1, 0.15) is 40.1 Å². The van der Waals surface area contributed by atoms with Crippen LogP contribution >= 0.6 is 0 Å². The summed E-state index contributed by atoms with van der Waals surface area (Å²) in [5.74, 6) is -1.01. The fraction of sp³-hybridized carbons (Fsp3) is 0.316. The molecule has 1 N–H and O–H groups in total. The van der Waals surface area contributed by atoms with E-state index in [1.54, 1.807) is 0 Å². The molecule has 2 aromatic rings. The van der Waals surface area contributed by atoms with Gasteiger partial charge in [-0.15, -0.1) is 0 Å². The van der Waals surface area contributed by atoms with Gasteiger partial charge >= 0.3 is 5.97 Å². The number of hydrogen-bond acceptors (Lipinski definition) is 6. The van der Waals surface area contributed by atoms with E-state index >= 15 is 0 Å². The molecule has 0 aliphatic carbocycles. The molecule has 1 aliphatic heterocycles. The van der Waals surface area contributed by atoms with Crippen molar-refractivity contribution in [2.75, 3.05) is 25.5 Å². The Morgan fingerprint density at radius 1 is 1.04 bits per heavy atom. The van der Waals surface area contributed by atoms with Gasteiger partial charge in [0.15, 0.2) is 0 Å². The minimum absolute atomic E-state index is 0.123. The minimum atomic E-state index is -3.51. The highest BCUT2D eigenvalue weighted by atomic mass is 32.2. The number of carbonyl (C=O) groups excluding carboxylic acids is 2. The highest BCUT2D eigenvalue weighted by molar-refractivity contribution is 7.89. The molecule has 148 valence electrons. The Kier molecular flexibility index (Phi) is 6.05. The summed E-state index contributed by atoms with van der Waals surface area (Å²) in [6.07, 6.45) is 4.05. The molecule has 0 spiro atoms. The first-order valence-electron chi connectivity index (χ1n) is 8.88. The summed E-state index contributed by atoms with van der Waals surface area (Å²) in [4.78, 5) is 27.8. The largest absolute Gasteiger partial charge is 0.465 e. The first-order chi connectivity index (χ1) is 13.4. The Morgan fingerprint density at radius 2 is 1.71 bits per heavy atom. The van der Waals surface area contributed by atoms with Crippen LogP contribution in [0.3, 0.4) is 0 Å². The number of methoxy groups -OCH3 is 1. The molecule has 1 aliphatic rings. The molecule has 0 radical (unpaired) electrons. The molecule has 0 bridgehead atoms. The van der Waals surface area contributed by atoms with Crippen LogP contribution in [-0.2, 0) is 14.8 Å². The van der Waals surface area contributed by atoms with Gasteiger partial charge in [-0.25, -0.2) is 13.2 Å². The van der Waals surface area contributed by atoms with Gasteiger partial charge in [0.05, 0.1) is 17.6 Å². The summed E-state index contributed by atoms with van der Waals surface area (Å²) in [5, 5.41) is 2.65. The smallest absolute Gasteiger partial charge is 0.339 e. The van der Waals surface area contributed by atoms with Crippen LogP contribution in [0.2, 0.25) is 0 Å². The number of nitrogens with zero attached hydrogens (tertiary/aromatic N) is 2. The normalized spacial score (nSPS) is 15.0. The second-order valence-corrected chi connectivity index (χ2v) is 8.30. The van der Waals surface area contributed by atoms with E-state index in [1.807, 2.05) is 0 Å². The van der Waals surface area contributed by atoms with Gasteiger partial charge in [0.2, 0.25) is 10.0 Å². The zero-order valence-corrected chi connectivity index (χ0v) is 16.2. The molecule has 1 aromatic carbocycles. The maximum absolute atomic E-state index is 12.6. The van der Waals surface area contributed by atoms with E-state index in [-0.39, 0.29) is 16.2 Å². The Bertz CT molecular complexity index is 950. The summed E-state index contributed by atoms with van der Waals surface area (Å²) >= 11 is 0. The van der Waals surface area contributed by atoms with E-state index in [9.17, 15) is 18.0 Å². The predicted octanol–water partition coefficient (Wildman–Crippen LogP) is 2.30. The van der Waals surface area contributed by atoms with Crippen LogP contribution in [-0.4, -0.2) is 49.8 Å². The number of carbonyl (C=O) groups is 2. The summed E-state index contributed by atoms with van der Waals surface area (Å²) in [6.45, 7) is 1.07. The van der Waals surface area contributed by atoms with Crippen LogP contribution < -0.4 is 5.32 Å². The van der Waals surface area contributed by atoms with E-state index in [2.05, 4.69) is 15.0 Å². The van der Waals surface area contributed by atoms with Crippen molar-refractivity contribution in [3.63, 3.8) is 0 Å². The third kappa shape index (κ3) is 4.37. The number of amides is 1. The summed E-state index contributed by atoms with van der Waals surface area (Å²) in [5.41, 5.74) is 0.811. The van der Waals surface area contributed by atoms with E-state index in [1.165, 1.54) is 54.0 Å². The van der Waals surface area contributed by atoms with Crippen molar-refractivity contribution in [3.05, 3.63) is 53.9 Å². The van der Waals surface area contributed by atoms with Gasteiger partial charge in [0.1, 0.15) is 5.69 Å². The lowest BCUT2D eigenvalue weighted by Crippen LogP contribution is -2.35. The van der Waals surface area contributed by atoms with Crippen molar-refractivity contribution < 1.29 is 22.7 Å². The first kappa shape index (κ1) is 20.0. The standard InChI is InChI=1S/C19H21N3O5S/c1-27-19(24)14-5-10-17(20-13-14)18(23)21-15-6-8-16(9-7-15)28(25,26)22-11-3-2-4-12-22/h5-10,13H,2-4,11-12H2,1H3,(H,21,23). The second-order valence-electron chi connectivity index (χ2n) is 6.37. The van der Waals surface area contributed by atoms with Crippen molar-refractivity contribution in [3.8, 4) is 0 Å². The number of sulfonamides is 1. The SMILES string of the molecule is COC(=O)c1ccc(C(=O)Nc2ccc(S(=O)(=O)N3CCCCC3)cc2)nc1. The van der Waals surface area contributed by atoms with Gasteiger partial charge in [-0.1, -0.05) is 6.42 Å². The molecule has 0 atom stereocenters. The average molecular weight is 403 g/mol. The maximum Gasteiger partial charge on any atom is 0.339 e. The van der Waals surface area contributed by atoms with Crippen molar-refractivity contribution in [1.82, 2.24) is 9.29 Å². The molecule has 1 fully saturated rings. The van der Waals surface area contributed by atoms with E-state index in [0.29, 0.717) is 18.8 Å². The van der Waals surface area contributed by atoms with Gasteiger partial charge in [-0.3, -0.25) is 9.78 Å². The quantitative estimate of drug-likeness (QED) is 0.768. The number of hydrogen-bond donors (Lipinski definition) is 1. The molecule has 0 saturated carbocycles. The van der Waals surface area contributed by atoms with Crippen LogP contribution in [0.5, 0.6) is 0 Å². The Balaban J connectivity index is 1.68. The van der Waals surface area contributed by atoms with Crippen molar-refractivity contribution >= 4 is 27.6 Å². The Hall–Kier alpha value is -2.78. The first-order valence-corrected chi connectivity index (χ1v) is 10.3. The zero-order chi connectivity index (χ0) is 20.1. The number of piperidine rings is 1. The number of nitrogens with one attached hydrogen (secondary N) is 1. The molecule has 2 heterocycles. The Morgan fingerprint density at radius 3 is 2.29 bits per heavy atom. The fourth-order valence-corrected chi connectivity index (χ4v) is 4.44. The van der Waals surface area contributed by atoms with E-state index in [0.717, 1.165) is 19.3 Å². The number of ether oxygens (including phenoxy) is 1. The third-order valence-corrected chi connectivity index (χ3v) is 6.40. The summed E-state index contributed by atoms with van der Waals surface area (Å²) in [7, 11) is -2.25. The molecule has 1 amide bonds. The van der Waals surface area contributed by atoms with E-state index < -0.39 is 21.9 Å². The lowest BCUT2D eigenvalue weighted by Gasteiger charge is -2.25. The number of benzene rings is 1. The van der Waals surface area contributed by atoms with Crippen LogP contribution in [0.25, 0.3) is 0 Å². The van der Waals surface area contributed by atoms with Gasteiger partial charge in [-0.05, 0) is 49.2 Å².